The highest BCUT2D eigenvalue weighted by atomic mass is 32.2. The lowest BCUT2D eigenvalue weighted by atomic mass is 10.1. The minimum Gasteiger partial charge on any atom is -0.504 e. The van der Waals surface area contributed by atoms with Crippen LogP contribution in [0.5, 0.6) is 11.5 Å². The van der Waals surface area contributed by atoms with Gasteiger partial charge in [0.05, 0.1) is 47.2 Å². The minimum atomic E-state index is -0.454. The molecule has 9 nitrogen and oxygen atoms in total. The van der Waals surface area contributed by atoms with Gasteiger partial charge < -0.3 is 19.3 Å². The molecular formula is C30H28N2O7S. The molecule has 10 heteroatoms. The maximum atomic E-state index is 13.6. The van der Waals surface area contributed by atoms with E-state index in [0.29, 0.717) is 50.5 Å². The molecule has 0 aromatic heterocycles. The summed E-state index contributed by atoms with van der Waals surface area (Å²) < 4.78 is 15.6. The molecule has 0 unspecified atom stereocenters. The van der Waals surface area contributed by atoms with Gasteiger partial charge in [-0.15, -0.1) is 0 Å². The Bertz CT molecular complexity index is 1460. The van der Waals surface area contributed by atoms with Gasteiger partial charge in [0.2, 0.25) is 0 Å². The number of benzene rings is 3. The van der Waals surface area contributed by atoms with Gasteiger partial charge in [-0.1, -0.05) is 6.07 Å². The second-order valence-corrected chi connectivity index (χ2v) is 9.35. The smallest absolute Gasteiger partial charge is 0.338 e. The second-order valence-electron chi connectivity index (χ2n) is 8.34. The molecule has 3 aromatic carbocycles. The number of aliphatic imine (C=N–C) groups is 1. The molecule has 1 saturated heterocycles. The van der Waals surface area contributed by atoms with E-state index in [0.717, 1.165) is 0 Å². The lowest BCUT2D eigenvalue weighted by molar-refractivity contribution is -0.113. The number of amides is 1. The van der Waals surface area contributed by atoms with Crippen molar-refractivity contribution >= 4 is 52.2 Å². The third-order valence-electron chi connectivity index (χ3n) is 5.63. The van der Waals surface area contributed by atoms with Gasteiger partial charge in [-0.05, 0) is 105 Å². The Morgan fingerprint density at radius 1 is 0.875 bits per heavy atom. The number of hydrogen-bond donors (Lipinski definition) is 1. The molecule has 206 valence electrons. The summed E-state index contributed by atoms with van der Waals surface area (Å²) in [5.74, 6) is -0.881. The zero-order chi connectivity index (χ0) is 28.6. The molecular weight excluding hydrogens is 532 g/mol. The Morgan fingerprint density at radius 2 is 1.48 bits per heavy atom. The van der Waals surface area contributed by atoms with Crippen LogP contribution < -0.4 is 9.64 Å². The van der Waals surface area contributed by atoms with Crippen LogP contribution in [0.25, 0.3) is 6.08 Å². The number of rotatable bonds is 9. The van der Waals surface area contributed by atoms with Crippen molar-refractivity contribution in [3.05, 3.63) is 88.3 Å². The van der Waals surface area contributed by atoms with E-state index in [2.05, 4.69) is 4.99 Å². The molecule has 0 radical (unpaired) electrons. The van der Waals surface area contributed by atoms with Crippen molar-refractivity contribution in [1.29, 1.82) is 0 Å². The molecule has 0 aliphatic carbocycles. The molecule has 0 saturated carbocycles. The van der Waals surface area contributed by atoms with Crippen molar-refractivity contribution in [3.8, 4) is 11.5 Å². The van der Waals surface area contributed by atoms with Gasteiger partial charge in [0, 0.05) is 0 Å². The monoisotopic (exact) mass is 560 g/mol. The standard InChI is InChI=1S/C30H28N2O7S/c1-4-37-25-17-19(7-16-24(25)33)18-26-27(34)32(23-14-10-21(11-15-23)29(36)39-6-3)30(40-26)31-22-12-8-20(9-13-22)28(35)38-5-2/h7-18,33H,4-6H2,1-3H3. The summed E-state index contributed by atoms with van der Waals surface area (Å²) >= 11 is 1.17. The van der Waals surface area contributed by atoms with Gasteiger partial charge >= 0.3 is 11.9 Å². The van der Waals surface area contributed by atoms with Crippen LogP contribution in [0, 0.1) is 0 Å². The van der Waals surface area contributed by atoms with E-state index in [9.17, 15) is 19.5 Å². The van der Waals surface area contributed by atoms with Crippen LogP contribution in [0.15, 0.2) is 76.6 Å². The Kier molecular flexibility index (Phi) is 9.23. The van der Waals surface area contributed by atoms with Crippen molar-refractivity contribution in [2.75, 3.05) is 24.7 Å². The third-order valence-corrected chi connectivity index (χ3v) is 6.60. The number of hydrogen-bond acceptors (Lipinski definition) is 9. The number of phenols is 1. The number of amidine groups is 1. The number of esters is 2. The molecule has 1 fully saturated rings. The normalized spacial score (nSPS) is 15.0. The van der Waals surface area contributed by atoms with Gasteiger partial charge in [-0.25, -0.2) is 14.6 Å². The lowest BCUT2D eigenvalue weighted by Gasteiger charge is -2.16. The Balaban J connectivity index is 1.71. The molecule has 1 aliphatic heterocycles. The topological polar surface area (TPSA) is 115 Å². The van der Waals surface area contributed by atoms with Gasteiger partial charge in [0.15, 0.2) is 16.7 Å². The molecule has 1 heterocycles. The van der Waals surface area contributed by atoms with E-state index in [1.807, 2.05) is 6.92 Å². The summed E-state index contributed by atoms with van der Waals surface area (Å²) in [6.45, 7) is 6.18. The first-order valence-corrected chi connectivity index (χ1v) is 13.5. The second kappa shape index (κ2) is 13.0. The zero-order valence-electron chi connectivity index (χ0n) is 22.2. The van der Waals surface area contributed by atoms with Crippen LogP contribution >= 0.6 is 11.8 Å². The zero-order valence-corrected chi connectivity index (χ0v) is 23.1. The van der Waals surface area contributed by atoms with Crippen molar-refractivity contribution < 1.29 is 33.7 Å². The predicted molar refractivity (Wildman–Crippen MR) is 154 cm³/mol. The summed E-state index contributed by atoms with van der Waals surface area (Å²) in [5.41, 5.74) is 2.46. The summed E-state index contributed by atoms with van der Waals surface area (Å²) in [4.78, 5) is 44.3. The number of thioether (sulfide) groups is 1. The number of aromatic hydroxyl groups is 1. The average Bonchev–Trinajstić information content (AvgIpc) is 3.25. The summed E-state index contributed by atoms with van der Waals surface area (Å²) in [5, 5.41) is 10.4. The first kappa shape index (κ1) is 28.4. The molecule has 1 aliphatic rings. The van der Waals surface area contributed by atoms with Crippen molar-refractivity contribution in [2.24, 2.45) is 4.99 Å². The molecule has 0 spiro atoms. The highest BCUT2D eigenvalue weighted by Crippen LogP contribution is 2.38. The van der Waals surface area contributed by atoms with E-state index < -0.39 is 11.9 Å². The van der Waals surface area contributed by atoms with E-state index in [-0.39, 0.29) is 24.9 Å². The van der Waals surface area contributed by atoms with Crippen LogP contribution in [-0.2, 0) is 14.3 Å². The molecule has 40 heavy (non-hydrogen) atoms. The summed E-state index contributed by atoms with van der Waals surface area (Å²) in [6.07, 6.45) is 1.70. The first-order valence-electron chi connectivity index (χ1n) is 12.7. The quantitative estimate of drug-likeness (QED) is 0.252. The molecule has 3 aromatic rings. The Morgan fingerprint density at radius 3 is 2.05 bits per heavy atom. The van der Waals surface area contributed by atoms with E-state index >= 15 is 0 Å². The van der Waals surface area contributed by atoms with Gasteiger partial charge in [0.1, 0.15) is 0 Å². The van der Waals surface area contributed by atoms with E-state index in [1.165, 1.54) is 22.7 Å². The minimum absolute atomic E-state index is 0.00577. The predicted octanol–water partition coefficient (Wildman–Crippen LogP) is 5.95. The van der Waals surface area contributed by atoms with Crippen molar-refractivity contribution in [1.82, 2.24) is 0 Å². The van der Waals surface area contributed by atoms with Crippen molar-refractivity contribution in [3.63, 3.8) is 0 Å². The van der Waals surface area contributed by atoms with Crippen molar-refractivity contribution in [2.45, 2.75) is 20.8 Å². The Labute approximate surface area is 236 Å². The number of ether oxygens (including phenoxy) is 3. The highest BCUT2D eigenvalue weighted by Gasteiger charge is 2.35. The van der Waals surface area contributed by atoms with Crippen LogP contribution in [0.4, 0.5) is 11.4 Å². The number of nitrogens with zero attached hydrogens (tertiary/aromatic N) is 2. The van der Waals surface area contributed by atoms with Gasteiger partial charge in [-0.3, -0.25) is 9.69 Å². The summed E-state index contributed by atoms with van der Waals surface area (Å²) in [6, 6.07) is 17.9. The van der Waals surface area contributed by atoms with E-state index in [4.69, 9.17) is 14.2 Å². The van der Waals surface area contributed by atoms with Crippen LogP contribution in [0.2, 0.25) is 0 Å². The molecule has 4 rings (SSSR count). The van der Waals surface area contributed by atoms with E-state index in [1.54, 1.807) is 80.6 Å². The SMILES string of the molecule is CCOC(=O)c1ccc(N=C2SC(=Cc3ccc(O)c(OCC)c3)C(=O)N2c2ccc(C(=O)OCC)cc2)cc1. The fourth-order valence-corrected chi connectivity index (χ4v) is 4.78. The van der Waals surface area contributed by atoms with Gasteiger partial charge in [-0.2, -0.15) is 0 Å². The molecule has 1 N–H and O–H groups in total. The van der Waals surface area contributed by atoms with Crippen LogP contribution in [0.3, 0.4) is 0 Å². The fraction of sp³-hybridized carbons (Fsp3) is 0.200. The lowest BCUT2D eigenvalue weighted by Crippen LogP contribution is -2.28. The van der Waals surface area contributed by atoms with Crippen LogP contribution in [-0.4, -0.2) is 47.9 Å². The highest BCUT2D eigenvalue weighted by molar-refractivity contribution is 8.19. The molecule has 0 atom stereocenters. The van der Waals surface area contributed by atoms with Crippen LogP contribution in [0.1, 0.15) is 47.1 Å². The third kappa shape index (κ3) is 6.52. The maximum absolute atomic E-state index is 13.6. The number of carbonyl (C=O) groups excluding carboxylic acids is 3. The first-order chi connectivity index (χ1) is 19.3. The molecule has 1 amide bonds. The number of carbonyl (C=O) groups is 3. The largest absolute Gasteiger partial charge is 0.504 e. The summed E-state index contributed by atoms with van der Waals surface area (Å²) in [7, 11) is 0. The maximum Gasteiger partial charge on any atom is 0.338 e. The number of phenolic OH excluding ortho intramolecular Hbond substituents is 1. The fourth-order valence-electron chi connectivity index (χ4n) is 3.78. The average molecular weight is 561 g/mol. The Hall–Kier alpha value is -4.57. The number of anilines is 1. The molecule has 0 bridgehead atoms. The van der Waals surface area contributed by atoms with Gasteiger partial charge in [0.25, 0.3) is 5.91 Å².